The number of hydrogen-bond acceptors (Lipinski definition) is 4. The lowest BCUT2D eigenvalue weighted by Crippen LogP contribution is -2.50. The van der Waals surface area contributed by atoms with Gasteiger partial charge in [-0.05, 0) is 31.6 Å². The first-order valence-electron chi connectivity index (χ1n) is 6.62. The second kappa shape index (κ2) is 5.38. The fourth-order valence-electron chi connectivity index (χ4n) is 3.12. The third-order valence-corrected chi connectivity index (χ3v) is 5.46. The van der Waals surface area contributed by atoms with E-state index in [1.54, 1.807) is 0 Å². The lowest BCUT2D eigenvalue weighted by atomic mass is 9.79. The first kappa shape index (κ1) is 14.7. The predicted molar refractivity (Wildman–Crippen MR) is 69.3 cm³/mol. The molecule has 6 nitrogen and oxygen atoms in total. The van der Waals surface area contributed by atoms with Gasteiger partial charge < -0.3 is 9.84 Å². The molecule has 2 aliphatic heterocycles. The fraction of sp³-hybridized carbons (Fsp3) is 0.917. The lowest BCUT2D eigenvalue weighted by Gasteiger charge is -2.45. The molecule has 2 heterocycles. The van der Waals surface area contributed by atoms with E-state index in [-0.39, 0.29) is 17.9 Å². The SMILES string of the molecule is CS(=O)(=O)N1CCC2(CC1)C[C@H](CC(=O)O)CCO2. The standard InChI is InChI=1S/C12H21NO5S/c1-19(16,17)13-5-3-12(4-6-13)9-10(2-7-18-12)8-11(14)15/h10H,2-9H2,1H3,(H,14,15)/t10-/m0/s1. The Bertz CT molecular complexity index is 439. The van der Waals surface area contributed by atoms with Gasteiger partial charge in [-0.2, -0.15) is 0 Å². The van der Waals surface area contributed by atoms with Crippen LogP contribution in [0.5, 0.6) is 0 Å². The molecule has 0 aromatic rings. The number of carboxylic acids is 1. The highest BCUT2D eigenvalue weighted by atomic mass is 32.2. The van der Waals surface area contributed by atoms with Gasteiger partial charge in [-0.3, -0.25) is 4.79 Å². The van der Waals surface area contributed by atoms with Crippen LogP contribution in [0.2, 0.25) is 0 Å². The summed E-state index contributed by atoms with van der Waals surface area (Å²) in [5.74, 6) is -0.619. The Hall–Kier alpha value is -0.660. The zero-order chi connectivity index (χ0) is 14.1. The summed E-state index contributed by atoms with van der Waals surface area (Å²) in [4.78, 5) is 10.8. The van der Waals surface area contributed by atoms with Crippen molar-refractivity contribution < 1.29 is 23.1 Å². The third kappa shape index (κ3) is 3.67. The van der Waals surface area contributed by atoms with Crippen molar-refractivity contribution in [2.45, 2.75) is 37.7 Å². The molecule has 110 valence electrons. The summed E-state index contributed by atoms with van der Waals surface area (Å²) in [6.45, 7) is 1.52. The van der Waals surface area contributed by atoms with E-state index in [2.05, 4.69) is 0 Å². The molecule has 0 aromatic carbocycles. The minimum absolute atomic E-state index is 0.149. The molecule has 0 unspecified atom stereocenters. The van der Waals surface area contributed by atoms with Crippen LogP contribution in [0.25, 0.3) is 0 Å². The Morgan fingerprint density at radius 1 is 1.42 bits per heavy atom. The van der Waals surface area contributed by atoms with Crippen LogP contribution in [-0.4, -0.2) is 55.4 Å². The summed E-state index contributed by atoms with van der Waals surface area (Å²) >= 11 is 0. The van der Waals surface area contributed by atoms with E-state index in [1.165, 1.54) is 10.6 Å². The van der Waals surface area contributed by atoms with Crippen LogP contribution in [-0.2, 0) is 19.6 Å². The molecule has 2 fully saturated rings. The van der Waals surface area contributed by atoms with Gasteiger partial charge >= 0.3 is 5.97 Å². The molecule has 2 rings (SSSR count). The summed E-state index contributed by atoms with van der Waals surface area (Å²) in [7, 11) is -3.13. The van der Waals surface area contributed by atoms with E-state index < -0.39 is 16.0 Å². The number of aliphatic carboxylic acids is 1. The predicted octanol–water partition coefficient (Wildman–Crippen LogP) is 0.682. The molecule has 0 radical (unpaired) electrons. The van der Waals surface area contributed by atoms with Gasteiger partial charge in [0.2, 0.25) is 10.0 Å². The summed E-state index contributed by atoms with van der Waals surface area (Å²) in [5, 5.41) is 8.87. The number of rotatable bonds is 3. The first-order chi connectivity index (χ1) is 8.81. The van der Waals surface area contributed by atoms with Crippen molar-refractivity contribution in [2.24, 2.45) is 5.92 Å². The highest BCUT2D eigenvalue weighted by molar-refractivity contribution is 7.88. The van der Waals surface area contributed by atoms with Crippen molar-refractivity contribution in [3.63, 3.8) is 0 Å². The molecule has 1 N–H and O–H groups in total. The Morgan fingerprint density at radius 2 is 2.05 bits per heavy atom. The molecule has 0 aromatic heterocycles. The van der Waals surface area contributed by atoms with Gasteiger partial charge in [0.05, 0.1) is 11.9 Å². The lowest BCUT2D eigenvalue weighted by molar-refractivity contribution is -0.144. The van der Waals surface area contributed by atoms with Gasteiger partial charge in [-0.15, -0.1) is 0 Å². The summed E-state index contributed by atoms with van der Waals surface area (Å²) in [6, 6.07) is 0. The number of sulfonamides is 1. The van der Waals surface area contributed by atoms with Crippen molar-refractivity contribution in [1.82, 2.24) is 4.31 Å². The van der Waals surface area contributed by atoms with Gasteiger partial charge in [0.1, 0.15) is 0 Å². The van der Waals surface area contributed by atoms with E-state index in [9.17, 15) is 13.2 Å². The largest absolute Gasteiger partial charge is 0.481 e. The number of hydrogen-bond donors (Lipinski definition) is 1. The van der Waals surface area contributed by atoms with Gasteiger partial charge in [0, 0.05) is 26.1 Å². The van der Waals surface area contributed by atoms with E-state index in [0.29, 0.717) is 32.5 Å². The van der Waals surface area contributed by atoms with E-state index in [0.717, 1.165) is 12.8 Å². The minimum Gasteiger partial charge on any atom is -0.481 e. The van der Waals surface area contributed by atoms with Crippen LogP contribution in [0, 0.1) is 5.92 Å². The topological polar surface area (TPSA) is 83.9 Å². The molecule has 19 heavy (non-hydrogen) atoms. The second-order valence-electron chi connectivity index (χ2n) is 5.65. The number of piperidine rings is 1. The van der Waals surface area contributed by atoms with E-state index >= 15 is 0 Å². The summed E-state index contributed by atoms with van der Waals surface area (Å²) < 4.78 is 30.3. The average molecular weight is 291 g/mol. The van der Waals surface area contributed by atoms with Crippen molar-refractivity contribution in [2.75, 3.05) is 26.0 Å². The zero-order valence-corrected chi connectivity index (χ0v) is 12.0. The highest BCUT2D eigenvalue weighted by Crippen LogP contribution is 2.39. The van der Waals surface area contributed by atoms with Crippen LogP contribution < -0.4 is 0 Å². The Morgan fingerprint density at radius 3 is 2.58 bits per heavy atom. The third-order valence-electron chi connectivity index (χ3n) is 4.16. The zero-order valence-electron chi connectivity index (χ0n) is 11.2. The highest BCUT2D eigenvalue weighted by Gasteiger charge is 2.42. The van der Waals surface area contributed by atoms with E-state index in [1.807, 2.05) is 0 Å². The van der Waals surface area contributed by atoms with Gasteiger partial charge in [0.25, 0.3) is 0 Å². The van der Waals surface area contributed by atoms with Gasteiger partial charge in [-0.1, -0.05) is 0 Å². The molecular formula is C12H21NO5S. The van der Waals surface area contributed by atoms with Crippen molar-refractivity contribution in [1.29, 1.82) is 0 Å². The maximum Gasteiger partial charge on any atom is 0.303 e. The fourth-order valence-corrected chi connectivity index (χ4v) is 3.97. The molecule has 7 heteroatoms. The normalized spacial score (nSPS) is 28.4. The monoisotopic (exact) mass is 291 g/mol. The Balaban J connectivity index is 1.96. The summed E-state index contributed by atoms with van der Waals surface area (Å²) in [5.41, 5.74) is -0.306. The van der Waals surface area contributed by atoms with E-state index in [4.69, 9.17) is 9.84 Å². The second-order valence-corrected chi connectivity index (χ2v) is 7.63. The Kier molecular flexibility index (Phi) is 4.17. The van der Waals surface area contributed by atoms with Crippen molar-refractivity contribution in [3.8, 4) is 0 Å². The molecule has 2 aliphatic rings. The minimum atomic E-state index is -3.13. The maximum atomic E-state index is 11.5. The first-order valence-corrected chi connectivity index (χ1v) is 8.46. The average Bonchev–Trinajstić information content (AvgIpc) is 2.27. The smallest absolute Gasteiger partial charge is 0.303 e. The van der Waals surface area contributed by atoms with Crippen LogP contribution in [0.3, 0.4) is 0 Å². The quantitative estimate of drug-likeness (QED) is 0.826. The number of carboxylic acid groups (broad SMARTS) is 1. The molecule has 1 atom stereocenters. The molecule has 0 saturated carbocycles. The molecule has 2 saturated heterocycles. The van der Waals surface area contributed by atoms with Gasteiger partial charge in [-0.25, -0.2) is 12.7 Å². The molecule has 0 bridgehead atoms. The number of nitrogens with zero attached hydrogens (tertiary/aromatic N) is 1. The van der Waals surface area contributed by atoms with Crippen LogP contribution in [0.1, 0.15) is 32.1 Å². The maximum absolute atomic E-state index is 11.5. The van der Waals surface area contributed by atoms with Crippen molar-refractivity contribution in [3.05, 3.63) is 0 Å². The molecule has 1 spiro atoms. The van der Waals surface area contributed by atoms with Crippen molar-refractivity contribution >= 4 is 16.0 Å². The van der Waals surface area contributed by atoms with Gasteiger partial charge in [0.15, 0.2) is 0 Å². The molecule has 0 amide bonds. The number of carbonyl (C=O) groups is 1. The Labute approximate surface area is 113 Å². The number of ether oxygens (including phenoxy) is 1. The summed E-state index contributed by atoms with van der Waals surface area (Å²) in [6.07, 6.45) is 4.24. The van der Waals surface area contributed by atoms with Crippen LogP contribution in [0.4, 0.5) is 0 Å². The molecule has 0 aliphatic carbocycles. The van der Waals surface area contributed by atoms with Crippen LogP contribution >= 0.6 is 0 Å². The van der Waals surface area contributed by atoms with Crippen LogP contribution in [0.15, 0.2) is 0 Å². The molecular weight excluding hydrogens is 270 g/mol.